The third-order valence-electron chi connectivity index (χ3n) is 5.39. The molecule has 0 aliphatic carbocycles. The van der Waals surface area contributed by atoms with Crippen LogP contribution in [0.5, 0.6) is 0 Å². The fourth-order valence-electron chi connectivity index (χ4n) is 3.57. The summed E-state index contributed by atoms with van der Waals surface area (Å²) < 4.78 is 15.2. The van der Waals surface area contributed by atoms with Gasteiger partial charge in [0.15, 0.2) is 6.10 Å². The monoisotopic (exact) mass is 559 g/mol. The van der Waals surface area contributed by atoms with E-state index in [0.29, 0.717) is 32.4 Å². The van der Waals surface area contributed by atoms with Gasteiger partial charge in [-0.2, -0.15) is 4.68 Å². The zero-order chi connectivity index (χ0) is 27.4. The number of aliphatic hydroxyl groups is 1. The molecule has 1 unspecified atom stereocenters. The highest BCUT2D eigenvalue weighted by molar-refractivity contribution is 6.31. The molecule has 10 nitrogen and oxygen atoms in total. The summed E-state index contributed by atoms with van der Waals surface area (Å²) in [4.78, 5) is 38.8. The van der Waals surface area contributed by atoms with E-state index in [4.69, 9.17) is 28.3 Å². The number of carbonyl (C=O) groups excluding carboxylic acids is 1. The van der Waals surface area contributed by atoms with Crippen LogP contribution in [0.3, 0.4) is 0 Å². The minimum absolute atomic E-state index is 0.0341. The van der Waals surface area contributed by atoms with E-state index in [1.54, 1.807) is 42.5 Å². The molecular weight excluding hydrogens is 540 g/mol. The highest BCUT2D eigenvalue weighted by atomic mass is 35.5. The molecule has 1 heterocycles. The fourth-order valence-corrected chi connectivity index (χ4v) is 3.93. The Kier molecular flexibility index (Phi) is 8.23. The minimum atomic E-state index is -1.82. The maximum Gasteiger partial charge on any atom is 0.348 e. The molecule has 0 radical (unpaired) electrons. The lowest BCUT2D eigenvalue weighted by molar-refractivity contribution is -0.148. The van der Waals surface area contributed by atoms with Crippen molar-refractivity contribution in [3.05, 3.63) is 104 Å². The number of hydrazine groups is 1. The van der Waals surface area contributed by atoms with Gasteiger partial charge in [-0.3, -0.25) is 15.2 Å². The van der Waals surface area contributed by atoms with Gasteiger partial charge in [-0.05, 0) is 47.5 Å². The van der Waals surface area contributed by atoms with Crippen LogP contribution in [-0.2, 0) is 11.3 Å². The van der Waals surface area contributed by atoms with Crippen molar-refractivity contribution in [1.82, 2.24) is 25.2 Å². The van der Waals surface area contributed by atoms with Crippen LogP contribution in [0.1, 0.15) is 16.2 Å². The van der Waals surface area contributed by atoms with E-state index in [1.165, 1.54) is 24.3 Å². The number of carboxylic acid groups (broad SMARTS) is 1. The second-order valence-corrected chi connectivity index (χ2v) is 9.04. The van der Waals surface area contributed by atoms with E-state index in [0.717, 1.165) is 9.69 Å². The van der Waals surface area contributed by atoms with Crippen molar-refractivity contribution in [1.29, 1.82) is 0 Å². The maximum absolute atomic E-state index is 14.2. The second-order valence-electron chi connectivity index (χ2n) is 8.17. The molecule has 4 aromatic rings. The Morgan fingerprint density at radius 2 is 1.79 bits per heavy atom. The van der Waals surface area contributed by atoms with Gasteiger partial charge in [-0.25, -0.2) is 19.0 Å². The Bertz CT molecular complexity index is 1540. The number of hydrogen-bond acceptors (Lipinski definition) is 6. The van der Waals surface area contributed by atoms with Crippen LogP contribution in [-0.4, -0.2) is 54.5 Å². The van der Waals surface area contributed by atoms with Gasteiger partial charge in [0, 0.05) is 22.2 Å². The Morgan fingerprint density at radius 3 is 2.47 bits per heavy atom. The molecule has 0 aliphatic rings. The van der Waals surface area contributed by atoms with E-state index in [1.807, 2.05) is 0 Å². The predicted molar refractivity (Wildman–Crippen MR) is 138 cm³/mol. The normalized spacial score (nSPS) is 11.9. The smallest absolute Gasteiger partial charge is 0.348 e. The van der Waals surface area contributed by atoms with Crippen LogP contribution in [0.2, 0.25) is 10.0 Å². The summed E-state index contributed by atoms with van der Waals surface area (Å²) in [5.74, 6) is -3.14. The van der Waals surface area contributed by atoms with Gasteiger partial charge in [0.2, 0.25) is 5.82 Å². The number of aliphatic carboxylic acids is 1. The lowest BCUT2D eigenvalue weighted by Crippen LogP contribution is -2.47. The quantitative estimate of drug-likeness (QED) is 0.231. The number of benzene rings is 3. The summed E-state index contributed by atoms with van der Waals surface area (Å²) in [5, 5.41) is 24.9. The summed E-state index contributed by atoms with van der Waals surface area (Å²) in [5.41, 5.74) is 3.54. The van der Waals surface area contributed by atoms with Gasteiger partial charge >= 0.3 is 17.6 Å². The van der Waals surface area contributed by atoms with Crippen molar-refractivity contribution >= 4 is 35.1 Å². The first kappa shape index (κ1) is 27.0. The molecule has 0 fully saturated rings. The SMILES string of the molecule is O=C(NN(Cc1ccc(-c2cc(Cl)ccc2F)cc1)CC(O)C(=O)O)c1nn(-c2cccc(Cl)c2)c(=O)[nH]1. The van der Waals surface area contributed by atoms with Gasteiger partial charge in [0.1, 0.15) is 5.82 Å². The summed E-state index contributed by atoms with van der Waals surface area (Å²) in [6.45, 7) is -0.515. The zero-order valence-corrected chi connectivity index (χ0v) is 20.9. The minimum Gasteiger partial charge on any atom is -0.479 e. The summed E-state index contributed by atoms with van der Waals surface area (Å²) >= 11 is 11.9. The Hall–Kier alpha value is -4.03. The molecule has 1 amide bonds. The maximum atomic E-state index is 14.2. The molecule has 1 atom stereocenters. The molecule has 0 saturated carbocycles. The number of halogens is 3. The van der Waals surface area contributed by atoms with Crippen LogP contribution in [0.4, 0.5) is 4.39 Å². The van der Waals surface area contributed by atoms with Gasteiger partial charge in [-0.1, -0.05) is 53.5 Å². The van der Waals surface area contributed by atoms with Crippen LogP contribution < -0.4 is 11.1 Å². The van der Waals surface area contributed by atoms with E-state index < -0.39 is 36.0 Å². The molecule has 3 aromatic carbocycles. The molecule has 196 valence electrons. The predicted octanol–water partition coefficient (Wildman–Crippen LogP) is 3.27. The molecule has 0 bridgehead atoms. The first-order valence-corrected chi connectivity index (χ1v) is 11.8. The number of aromatic nitrogens is 3. The van der Waals surface area contributed by atoms with Crippen molar-refractivity contribution in [2.24, 2.45) is 0 Å². The second kappa shape index (κ2) is 11.6. The largest absolute Gasteiger partial charge is 0.479 e. The number of H-pyrrole nitrogens is 1. The topological polar surface area (TPSA) is 141 Å². The molecule has 0 saturated heterocycles. The average molecular weight is 560 g/mol. The van der Waals surface area contributed by atoms with Gasteiger partial charge < -0.3 is 10.2 Å². The standard InChI is InChI=1S/C25H20Cl2FN5O5/c26-16-2-1-3-18(10-16)33-25(38)29-22(30-33)23(35)31-32(13-21(34)24(36)37)12-14-4-6-15(7-5-14)19-11-17(27)8-9-20(19)28/h1-11,21,34H,12-13H2,(H,31,35)(H,36,37)(H,29,30,38). The molecule has 0 spiro atoms. The molecule has 4 rings (SSSR count). The third kappa shape index (κ3) is 6.45. The Labute approximate surface area is 224 Å². The number of nitrogens with zero attached hydrogens (tertiary/aromatic N) is 3. The molecule has 0 aliphatic heterocycles. The Balaban J connectivity index is 1.54. The molecule has 13 heteroatoms. The highest BCUT2D eigenvalue weighted by Gasteiger charge is 2.22. The number of hydrogen-bond donors (Lipinski definition) is 4. The third-order valence-corrected chi connectivity index (χ3v) is 5.86. The summed E-state index contributed by atoms with van der Waals surface area (Å²) in [7, 11) is 0. The number of nitrogens with one attached hydrogen (secondary N) is 2. The van der Waals surface area contributed by atoms with Crippen molar-refractivity contribution in [2.45, 2.75) is 12.6 Å². The lowest BCUT2D eigenvalue weighted by atomic mass is 10.0. The first-order chi connectivity index (χ1) is 18.1. The van der Waals surface area contributed by atoms with E-state index in [2.05, 4.69) is 15.5 Å². The van der Waals surface area contributed by atoms with Crippen LogP contribution >= 0.6 is 23.2 Å². The van der Waals surface area contributed by atoms with E-state index in [-0.39, 0.29) is 12.4 Å². The van der Waals surface area contributed by atoms with Crippen LogP contribution in [0.15, 0.2) is 71.5 Å². The van der Waals surface area contributed by atoms with Gasteiger partial charge in [-0.15, -0.1) is 5.10 Å². The molecule has 1 aromatic heterocycles. The first-order valence-electron chi connectivity index (χ1n) is 11.1. The molecular formula is C25H20Cl2FN5O5. The zero-order valence-electron chi connectivity index (χ0n) is 19.4. The Morgan fingerprint density at radius 1 is 1.08 bits per heavy atom. The number of carbonyl (C=O) groups is 2. The number of rotatable bonds is 9. The van der Waals surface area contributed by atoms with Crippen LogP contribution in [0.25, 0.3) is 16.8 Å². The van der Waals surface area contributed by atoms with Crippen molar-refractivity contribution < 1.29 is 24.2 Å². The van der Waals surface area contributed by atoms with Crippen molar-refractivity contribution in [3.8, 4) is 16.8 Å². The fraction of sp³-hybridized carbons (Fsp3) is 0.120. The number of amides is 1. The summed E-state index contributed by atoms with van der Waals surface area (Å²) in [6.07, 6.45) is -1.82. The van der Waals surface area contributed by atoms with Crippen molar-refractivity contribution in [2.75, 3.05) is 6.54 Å². The van der Waals surface area contributed by atoms with Crippen molar-refractivity contribution in [3.63, 3.8) is 0 Å². The van der Waals surface area contributed by atoms with Gasteiger partial charge in [0.25, 0.3) is 0 Å². The lowest BCUT2D eigenvalue weighted by Gasteiger charge is -2.24. The number of aromatic amines is 1. The van der Waals surface area contributed by atoms with E-state index in [9.17, 15) is 23.9 Å². The highest BCUT2D eigenvalue weighted by Crippen LogP contribution is 2.26. The average Bonchev–Trinajstić information content (AvgIpc) is 3.27. The summed E-state index contributed by atoms with van der Waals surface area (Å²) in [6, 6.07) is 17.1. The van der Waals surface area contributed by atoms with E-state index >= 15 is 0 Å². The van der Waals surface area contributed by atoms with Crippen LogP contribution in [0, 0.1) is 5.82 Å². The molecule has 4 N–H and O–H groups in total. The van der Waals surface area contributed by atoms with Gasteiger partial charge in [0.05, 0.1) is 12.2 Å². The number of aliphatic hydroxyl groups excluding tert-OH is 1. The molecule has 38 heavy (non-hydrogen) atoms. The number of carboxylic acids is 1.